The Hall–Kier alpha value is -3.26. The second-order valence-electron chi connectivity index (χ2n) is 7.70. The number of H-pyrrole nitrogens is 2. The lowest BCUT2D eigenvalue weighted by molar-refractivity contribution is 0.254. The van der Waals surface area contributed by atoms with Crippen LogP contribution in [0.2, 0.25) is 0 Å². The van der Waals surface area contributed by atoms with Gasteiger partial charge in [0.1, 0.15) is 11.6 Å². The summed E-state index contributed by atoms with van der Waals surface area (Å²) in [5, 5.41) is 8.91. The highest BCUT2D eigenvalue weighted by molar-refractivity contribution is 5.90. The molecule has 30 heavy (non-hydrogen) atoms. The Morgan fingerprint density at radius 3 is 2.73 bits per heavy atom. The van der Waals surface area contributed by atoms with Crippen molar-refractivity contribution in [1.82, 2.24) is 25.1 Å². The molecule has 0 amide bonds. The number of fused-ring (bicyclic) bond motifs is 2. The van der Waals surface area contributed by atoms with Crippen molar-refractivity contribution in [3.63, 3.8) is 0 Å². The third-order valence-corrected chi connectivity index (χ3v) is 5.73. The Kier molecular flexibility index (Phi) is 4.92. The molecule has 154 valence electrons. The van der Waals surface area contributed by atoms with Crippen molar-refractivity contribution in [3.8, 4) is 0 Å². The number of benzene rings is 2. The summed E-state index contributed by atoms with van der Waals surface area (Å²) in [6.45, 7) is 4.59. The van der Waals surface area contributed by atoms with Crippen LogP contribution in [0.15, 0.2) is 47.3 Å². The lowest BCUT2D eigenvalue weighted by atomic mass is 10.2. The summed E-state index contributed by atoms with van der Waals surface area (Å²) in [4.78, 5) is 24.3. The van der Waals surface area contributed by atoms with Crippen LogP contribution in [0.4, 0.5) is 10.2 Å². The SMILES string of the molecule is O=c1[nH]c(CCCN2CCN(c3n[nH]c4cc(F)ccc34)CC2)nc2ccccc12. The fraction of sp³-hybridized carbons (Fsp3) is 0.318. The maximum atomic E-state index is 13.4. The molecule has 0 spiro atoms. The number of nitrogens with zero attached hydrogens (tertiary/aromatic N) is 4. The number of aromatic nitrogens is 4. The first-order valence-corrected chi connectivity index (χ1v) is 10.3. The number of nitrogens with one attached hydrogen (secondary N) is 2. The van der Waals surface area contributed by atoms with Crippen molar-refractivity contribution in [1.29, 1.82) is 0 Å². The number of anilines is 1. The van der Waals surface area contributed by atoms with E-state index < -0.39 is 0 Å². The number of aryl methyl sites for hydroxylation is 1. The molecule has 1 fully saturated rings. The first kappa shape index (κ1) is 18.7. The number of rotatable bonds is 5. The van der Waals surface area contributed by atoms with Crippen LogP contribution >= 0.6 is 0 Å². The van der Waals surface area contributed by atoms with Gasteiger partial charge in [-0.3, -0.25) is 14.8 Å². The van der Waals surface area contributed by atoms with Gasteiger partial charge in [-0.1, -0.05) is 12.1 Å². The van der Waals surface area contributed by atoms with Crippen LogP contribution in [0.1, 0.15) is 12.2 Å². The van der Waals surface area contributed by atoms with Crippen molar-refractivity contribution in [2.75, 3.05) is 37.6 Å². The van der Waals surface area contributed by atoms with E-state index in [0.717, 1.165) is 73.6 Å². The second kappa shape index (κ2) is 7.87. The molecule has 2 aromatic carbocycles. The first-order chi connectivity index (χ1) is 14.7. The summed E-state index contributed by atoms with van der Waals surface area (Å²) in [5.41, 5.74) is 1.40. The zero-order valence-electron chi connectivity index (χ0n) is 16.6. The highest BCUT2D eigenvalue weighted by Gasteiger charge is 2.20. The maximum absolute atomic E-state index is 13.4. The van der Waals surface area contributed by atoms with E-state index in [0.29, 0.717) is 5.39 Å². The van der Waals surface area contributed by atoms with Crippen LogP contribution in [0, 0.1) is 5.82 Å². The molecule has 0 radical (unpaired) electrons. The highest BCUT2D eigenvalue weighted by Crippen LogP contribution is 2.25. The molecule has 2 aromatic heterocycles. The van der Waals surface area contributed by atoms with Crippen LogP contribution in [0.25, 0.3) is 21.8 Å². The molecule has 0 unspecified atom stereocenters. The molecular weight excluding hydrogens is 383 g/mol. The van der Waals surface area contributed by atoms with E-state index >= 15 is 0 Å². The van der Waals surface area contributed by atoms with Crippen LogP contribution in [-0.4, -0.2) is 57.8 Å². The topological polar surface area (TPSA) is 80.9 Å². The first-order valence-electron chi connectivity index (χ1n) is 10.3. The molecule has 1 aliphatic rings. The Balaban J connectivity index is 1.16. The van der Waals surface area contributed by atoms with Gasteiger partial charge in [-0.05, 0) is 43.3 Å². The van der Waals surface area contributed by atoms with E-state index in [4.69, 9.17) is 0 Å². The minimum absolute atomic E-state index is 0.0738. The highest BCUT2D eigenvalue weighted by atomic mass is 19.1. The van der Waals surface area contributed by atoms with Crippen molar-refractivity contribution in [2.24, 2.45) is 0 Å². The molecular formula is C22H23FN6O. The van der Waals surface area contributed by atoms with E-state index in [-0.39, 0.29) is 11.4 Å². The third-order valence-electron chi connectivity index (χ3n) is 5.73. The Morgan fingerprint density at radius 2 is 1.87 bits per heavy atom. The zero-order chi connectivity index (χ0) is 20.5. The summed E-state index contributed by atoms with van der Waals surface area (Å²) in [7, 11) is 0. The number of para-hydroxylation sites is 1. The lowest BCUT2D eigenvalue weighted by Crippen LogP contribution is -2.46. The smallest absolute Gasteiger partial charge is 0.258 e. The molecule has 1 saturated heterocycles. The van der Waals surface area contributed by atoms with E-state index in [2.05, 4.69) is 30.0 Å². The predicted molar refractivity (Wildman–Crippen MR) is 115 cm³/mol. The van der Waals surface area contributed by atoms with Gasteiger partial charge in [0.25, 0.3) is 5.56 Å². The van der Waals surface area contributed by atoms with E-state index in [1.165, 1.54) is 12.1 Å². The fourth-order valence-electron chi connectivity index (χ4n) is 4.13. The van der Waals surface area contributed by atoms with Gasteiger partial charge in [0.05, 0.1) is 16.4 Å². The summed E-state index contributed by atoms with van der Waals surface area (Å²) >= 11 is 0. The minimum atomic E-state index is -0.259. The Bertz CT molecular complexity index is 1240. The molecule has 2 N–H and O–H groups in total. The molecule has 5 rings (SSSR count). The molecule has 4 aromatic rings. The summed E-state index contributed by atoms with van der Waals surface area (Å²) in [5.74, 6) is 1.37. The Labute approximate surface area is 172 Å². The monoisotopic (exact) mass is 406 g/mol. The largest absolute Gasteiger partial charge is 0.352 e. The average molecular weight is 406 g/mol. The lowest BCUT2D eigenvalue weighted by Gasteiger charge is -2.35. The number of piperazine rings is 1. The van der Waals surface area contributed by atoms with Gasteiger partial charge in [0, 0.05) is 38.0 Å². The summed E-state index contributed by atoms with van der Waals surface area (Å²) in [6, 6.07) is 12.2. The van der Waals surface area contributed by atoms with Crippen molar-refractivity contribution >= 4 is 27.6 Å². The molecule has 8 heteroatoms. The minimum Gasteiger partial charge on any atom is -0.352 e. The summed E-state index contributed by atoms with van der Waals surface area (Å²) in [6.07, 6.45) is 1.68. The van der Waals surface area contributed by atoms with Crippen molar-refractivity contribution in [3.05, 3.63) is 64.5 Å². The molecule has 0 saturated carbocycles. The van der Waals surface area contributed by atoms with E-state index in [1.54, 1.807) is 12.1 Å². The normalized spacial score (nSPS) is 15.3. The van der Waals surface area contributed by atoms with Crippen molar-refractivity contribution < 1.29 is 4.39 Å². The molecule has 0 aliphatic carbocycles. The van der Waals surface area contributed by atoms with Crippen LogP contribution < -0.4 is 10.5 Å². The average Bonchev–Trinajstić information content (AvgIpc) is 3.17. The van der Waals surface area contributed by atoms with Crippen molar-refractivity contribution in [2.45, 2.75) is 12.8 Å². The summed E-state index contributed by atoms with van der Waals surface area (Å²) < 4.78 is 13.4. The van der Waals surface area contributed by atoms with Gasteiger partial charge in [0.2, 0.25) is 0 Å². The number of hydrogen-bond donors (Lipinski definition) is 2. The van der Waals surface area contributed by atoms with Gasteiger partial charge in [-0.15, -0.1) is 0 Å². The standard InChI is InChI=1S/C22H23FN6O/c23-15-7-8-16-19(14-15)26-27-21(16)29-12-10-28(11-13-29)9-3-6-20-24-18-5-2-1-4-17(18)22(30)25-20/h1-2,4-5,7-8,14H,3,6,9-13H2,(H,26,27)(H,24,25,30). The van der Waals surface area contributed by atoms with E-state index in [9.17, 15) is 9.18 Å². The maximum Gasteiger partial charge on any atom is 0.258 e. The zero-order valence-corrected chi connectivity index (χ0v) is 16.6. The van der Waals surface area contributed by atoms with Crippen LogP contribution in [0.5, 0.6) is 0 Å². The molecule has 0 bridgehead atoms. The van der Waals surface area contributed by atoms with Gasteiger partial charge >= 0.3 is 0 Å². The van der Waals surface area contributed by atoms with Gasteiger partial charge in [-0.2, -0.15) is 5.10 Å². The van der Waals surface area contributed by atoms with Crippen LogP contribution in [0.3, 0.4) is 0 Å². The molecule has 0 atom stereocenters. The van der Waals surface area contributed by atoms with Gasteiger partial charge < -0.3 is 9.88 Å². The van der Waals surface area contributed by atoms with Gasteiger partial charge in [-0.25, -0.2) is 9.37 Å². The number of hydrogen-bond acceptors (Lipinski definition) is 5. The predicted octanol–water partition coefficient (Wildman–Crippen LogP) is 2.69. The fourth-order valence-corrected chi connectivity index (χ4v) is 4.13. The van der Waals surface area contributed by atoms with Gasteiger partial charge in [0.15, 0.2) is 5.82 Å². The Morgan fingerprint density at radius 1 is 1.03 bits per heavy atom. The molecule has 7 nitrogen and oxygen atoms in total. The number of aromatic amines is 2. The molecule has 3 heterocycles. The quantitative estimate of drug-likeness (QED) is 0.533. The number of halogens is 1. The third kappa shape index (κ3) is 3.66. The van der Waals surface area contributed by atoms with Crippen LogP contribution in [-0.2, 0) is 6.42 Å². The second-order valence-corrected chi connectivity index (χ2v) is 7.70. The van der Waals surface area contributed by atoms with E-state index in [1.807, 2.05) is 18.2 Å². The molecule has 1 aliphatic heterocycles.